The molecule has 2 aliphatic rings. The standard InChI is InChI=1S/C10H18N2O4S/c1-2-10(9(13)14)5-6-12(7-10)17(15,16)11-8-3-4-8/h8,11H,2-7H2,1H3,(H,13,14). The zero-order valence-electron chi connectivity index (χ0n) is 9.85. The average molecular weight is 262 g/mol. The quantitative estimate of drug-likeness (QED) is 0.739. The molecule has 2 fully saturated rings. The second-order valence-electron chi connectivity index (χ2n) is 4.92. The van der Waals surface area contributed by atoms with Crippen LogP contribution in [-0.2, 0) is 15.0 Å². The number of nitrogens with one attached hydrogen (secondary N) is 1. The van der Waals surface area contributed by atoms with Crippen LogP contribution in [0.4, 0.5) is 0 Å². The summed E-state index contributed by atoms with van der Waals surface area (Å²) in [6, 6.07) is 0.0569. The van der Waals surface area contributed by atoms with Crippen LogP contribution in [0.1, 0.15) is 32.6 Å². The van der Waals surface area contributed by atoms with Gasteiger partial charge in [0.1, 0.15) is 0 Å². The van der Waals surface area contributed by atoms with Gasteiger partial charge in [-0.2, -0.15) is 17.4 Å². The van der Waals surface area contributed by atoms with Crippen molar-refractivity contribution >= 4 is 16.2 Å². The Morgan fingerprint density at radius 3 is 2.59 bits per heavy atom. The van der Waals surface area contributed by atoms with Crippen LogP contribution >= 0.6 is 0 Å². The number of rotatable bonds is 5. The van der Waals surface area contributed by atoms with E-state index in [4.69, 9.17) is 0 Å². The van der Waals surface area contributed by atoms with Crippen LogP contribution in [0.3, 0.4) is 0 Å². The van der Waals surface area contributed by atoms with Crippen LogP contribution in [-0.4, -0.2) is 42.9 Å². The minimum atomic E-state index is -3.49. The molecule has 98 valence electrons. The van der Waals surface area contributed by atoms with Crippen molar-refractivity contribution in [3.63, 3.8) is 0 Å². The van der Waals surface area contributed by atoms with Gasteiger partial charge in [0, 0.05) is 19.1 Å². The molecule has 2 rings (SSSR count). The van der Waals surface area contributed by atoms with Crippen molar-refractivity contribution in [2.45, 2.75) is 38.6 Å². The first-order valence-electron chi connectivity index (χ1n) is 5.90. The number of hydrogen-bond donors (Lipinski definition) is 2. The van der Waals surface area contributed by atoms with Crippen molar-refractivity contribution in [2.24, 2.45) is 5.41 Å². The van der Waals surface area contributed by atoms with Crippen LogP contribution in [0, 0.1) is 5.41 Å². The zero-order valence-corrected chi connectivity index (χ0v) is 10.7. The van der Waals surface area contributed by atoms with Crippen molar-refractivity contribution in [3.05, 3.63) is 0 Å². The van der Waals surface area contributed by atoms with Gasteiger partial charge >= 0.3 is 5.97 Å². The van der Waals surface area contributed by atoms with Crippen molar-refractivity contribution in [1.29, 1.82) is 0 Å². The maximum Gasteiger partial charge on any atom is 0.311 e. The summed E-state index contributed by atoms with van der Waals surface area (Å²) in [5.41, 5.74) is -0.904. The molecule has 1 saturated carbocycles. The lowest BCUT2D eigenvalue weighted by Crippen LogP contribution is -2.42. The summed E-state index contributed by atoms with van der Waals surface area (Å²) in [6.45, 7) is 2.17. The third-order valence-corrected chi connectivity index (χ3v) is 5.30. The maximum absolute atomic E-state index is 11.9. The lowest BCUT2D eigenvalue weighted by atomic mass is 9.85. The fourth-order valence-electron chi connectivity index (χ4n) is 2.14. The van der Waals surface area contributed by atoms with E-state index in [-0.39, 0.29) is 12.6 Å². The molecule has 0 bridgehead atoms. The summed E-state index contributed by atoms with van der Waals surface area (Å²) in [6.07, 6.45) is 2.61. The molecule has 0 radical (unpaired) electrons. The Labute approximate surface area is 101 Å². The molecule has 2 N–H and O–H groups in total. The van der Waals surface area contributed by atoms with Crippen molar-refractivity contribution < 1.29 is 18.3 Å². The molecule has 17 heavy (non-hydrogen) atoms. The number of aliphatic carboxylic acids is 1. The molecule has 1 heterocycles. The molecule has 7 heteroatoms. The van der Waals surface area contributed by atoms with E-state index in [0.29, 0.717) is 19.4 Å². The summed E-state index contributed by atoms with van der Waals surface area (Å²) < 4.78 is 27.7. The summed E-state index contributed by atoms with van der Waals surface area (Å²) in [7, 11) is -3.49. The van der Waals surface area contributed by atoms with Crippen molar-refractivity contribution in [2.75, 3.05) is 13.1 Å². The van der Waals surface area contributed by atoms with E-state index in [0.717, 1.165) is 12.8 Å². The highest BCUT2D eigenvalue weighted by Crippen LogP contribution is 2.35. The van der Waals surface area contributed by atoms with E-state index in [2.05, 4.69) is 4.72 Å². The lowest BCUT2D eigenvalue weighted by molar-refractivity contribution is -0.148. The predicted octanol–water partition coefficient (Wildman–Crippen LogP) is 0.170. The van der Waals surface area contributed by atoms with Crippen molar-refractivity contribution in [3.8, 4) is 0 Å². The Balaban J connectivity index is 2.08. The molecule has 0 aromatic rings. The summed E-state index contributed by atoms with van der Waals surface area (Å²) >= 11 is 0. The van der Waals surface area contributed by atoms with E-state index in [1.807, 2.05) is 0 Å². The Kier molecular flexibility index (Phi) is 3.17. The first kappa shape index (κ1) is 12.8. The van der Waals surface area contributed by atoms with Gasteiger partial charge in [-0.05, 0) is 25.7 Å². The Bertz CT molecular complexity index is 418. The van der Waals surface area contributed by atoms with Crippen molar-refractivity contribution in [1.82, 2.24) is 9.03 Å². The van der Waals surface area contributed by atoms with E-state index in [1.54, 1.807) is 6.92 Å². The second kappa shape index (κ2) is 4.22. The molecule has 6 nitrogen and oxygen atoms in total. The Hall–Kier alpha value is -0.660. The maximum atomic E-state index is 11.9. The average Bonchev–Trinajstić information content (AvgIpc) is 2.93. The summed E-state index contributed by atoms with van der Waals surface area (Å²) in [4.78, 5) is 11.2. The number of carbonyl (C=O) groups is 1. The Morgan fingerprint density at radius 2 is 2.18 bits per heavy atom. The van der Waals surface area contributed by atoms with E-state index in [9.17, 15) is 18.3 Å². The van der Waals surface area contributed by atoms with Gasteiger partial charge in [-0.1, -0.05) is 6.92 Å². The number of hydrogen-bond acceptors (Lipinski definition) is 3. The topological polar surface area (TPSA) is 86.7 Å². The molecular formula is C10H18N2O4S. The fourth-order valence-corrected chi connectivity index (χ4v) is 3.70. The zero-order chi connectivity index (χ0) is 12.7. The van der Waals surface area contributed by atoms with Gasteiger partial charge in [-0.3, -0.25) is 4.79 Å². The summed E-state index contributed by atoms with van der Waals surface area (Å²) in [5.74, 6) is -0.899. The SMILES string of the molecule is CCC1(C(=O)O)CCN(S(=O)(=O)NC2CC2)C1. The van der Waals surface area contributed by atoms with Crippen LogP contribution in [0.5, 0.6) is 0 Å². The molecule has 0 spiro atoms. The molecule has 1 atom stereocenters. The van der Waals surface area contributed by atoms with E-state index in [1.165, 1.54) is 4.31 Å². The smallest absolute Gasteiger partial charge is 0.311 e. The Morgan fingerprint density at radius 1 is 1.53 bits per heavy atom. The first-order valence-corrected chi connectivity index (χ1v) is 7.34. The van der Waals surface area contributed by atoms with Gasteiger partial charge in [0.05, 0.1) is 5.41 Å². The largest absolute Gasteiger partial charge is 0.481 e. The number of nitrogens with zero attached hydrogens (tertiary/aromatic N) is 1. The monoisotopic (exact) mass is 262 g/mol. The third kappa shape index (κ3) is 2.46. The minimum absolute atomic E-state index is 0.0569. The molecule has 0 amide bonds. The predicted molar refractivity (Wildman–Crippen MR) is 61.6 cm³/mol. The molecule has 0 aromatic heterocycles. The van der Waals surface area contributed by atoms with Crippen LogP contribution in [0.15, 0.2) is 0 Å². The highest BCUT2D eigenvalue weighted by atomic mass is 32.2. The van der Waals surface area contributed by atoms with Gasteiger partial charge in [0.25, 0.3) is 10.2 Å². The highest BCUT2D eigenvalue weighted by molar-refractivity contribution is 7.87. The normalized spacial score (nSPS) is 30.6. The highest BCUT2D eigenvalue weighted by Gasteiger charge is 2.47. The molecule has 1 aliphatic carbocycles. The molecule has 1 aliphatic heterocycles. The molecule has 1 unspecified atom stereocenters. The molecule has 0 aromatic carbocycles. The summed E-state index contributed by atoms with van der Waals surface area (Å²) in [5, 5.41) is 9.20. The molecule has 1 saturated heterocycles. The van der Waals surface area contributed by atoms with E-state index >= 15 is 0 Å². The molecular weight excluding hydrogens is 244 g/mol. The second-order valence-corrected chi connectivity index (χ2v) is 6.62. The van der Waals surface area contributed by atoms with Gasteiger partial charge in [-0.15, -0.1) is 0 Å². The fraction of sp³-hybridized carbons (Fsp3) is 0.900. The first-order chi connectivity index (χ1) is 7.89. The minimum Gasteiger partial charge on any atom is -0.481 e. The number of carboxylic acid groups (broad SMARTS) is 1. The third-order valence-electron chi connectivity index (χ3n) is 3.68. The van der Waals surface area contributed by atoms with Crippen LogP contribution in [0.2, 0.25) is 0 Å². The number of carboxylic acids is 1. The van der Waals surface area contributed by atoms with Gasteiger partial charge in [0.15, 0.2) is 0 Å². The van der Waals surface area contributed by atoms with Crippen LogP contribution in [0.25, 0.3) is 0 Å². The van der Waals surface area contributed by atoms with E-state index < -0.39 is 21.6 Å². The lowest BCUT2D eigenvalue weighted by Gasteiger charge is -2.22. The van der Waals surface area contributed by atoms with Crippen LogP contribution < -0.4 is 4.72 Å². The van der Waals surface area contributed by atoms with Gasteiger partial charge < -0.3 is 5.11 Å². The van der Waals surface area contributed by atoms with Gasteiger partial charge in [-0.25, -0.2) is 0 Å². The van der Waals surface area contributed by atoms with Gasteiger partial charge in [0.2, 0.25) is 0 Å².